The number of carbonyl (C=O) groups is 1. The number of nitrogens with one attached hydrogen (secondary N) is 1. The second-order valence-corrected chi connectivity index (χ2v) is 9.95. The van der Waals surface area contributed by atoms with Gasteiger partial charge in [-0.05, 0) is 43.4 Å². The maximum absolute atomic E-state index is 12.1. The number of benzene rings is 1. The third kappa shape index (κ3) is 5.07. The highest BCUT2D eigenvalue weighted by Gasteiger charge is 2.49. The second-order valence-electron chi connectivity index (χ2n) is 9.95. The molecule has 5 atom stereocenters. The van der Waals surface area contributed by atoms with Crippen LogP contribution in [0, 0.1) is 11.8 Å². The molecule has 1 aromatic carbocycles. The molecule has 0 unspecified atom stereocenters. The molecule has 1 aliphatic carbocycles. The fourth-order valence-corrected chi connectivity index (χ4v) is 5.87. The number of amides is 1. The largest absolute Gasteiger partial charge is 0.496 e. The van der Waals surface area contributed by atoms with Gasteiger partial charge in [-0.1, -0.05) is 19.4 Å². The standard InChI is InChI=1S/C25H38N2O4/c1-17-5-7-21-23(13-17)31-24(15-25(21,3)26-18(2)28)19-6-8-22(29-4)20(14-19)16-27-9-11-30-12-10-27/h6,8,14,17,21,23-24H,5,7,9-13,15-16H2,1-4H3,(H,26,28)/t17-,21-,23-,24-,25-/m1/s1. The van der Waals surface area contributed by atoms with Gasteiger partial charge in [-0.25, -0.2) is 0 Å². The summed E-state index contributed by atoms with van der Waals surface area (Å²) in [5, 5.41) is 3.31. The van der Waals surface area contributed by atoms with Crippen molar-refractivity contribution in [3.63, 3.8) is 0 Å². The monoisotopic (exact) mass is 430 g/mol. The van der Waals surface area contributed by atoms with Crippen LogP contribution in [0.3, 0.4) is 0 Å². The molecule has 0 bridgehead atoms. The van der Waals surface area contributed by atoms with E-state index in [1.54, 1.807) is 14.0 Å². The molecule has 1 saturated carbocycles. The molecule has 1 N–H and O–H groups in total. The fraction of sp³-hybridized carbons (Fsp3) is 0.720. The third-order valence-corrected chi connectivity index (χ3v) is 7.46. The summed E-state index contributed by atoms with van der Waals surface area (Å²) >= 11 is 0. The van der Waals surface area contributed by atoms with Crippen molar-refractivity contribution in [3.8, 4) is 5.75 Å². The zero-order chi connectivity index (χ0) is 22.0. The lowest BCUT2D eigenvalue weighted by molar-refractivity contribution is -0.153. The van der Waals surface area contributed by atoms with Crippen molar-refractivity contribution in [1.29, 1.82) is 0 Å². The van der Waals surface area contributed by atoms with Gasteiger partial charge < -0.3 is 19.5 Å². The van der Waals surface area contributed by atoms with Crippen LogP contribution in [-0.4, -0.2) is 55.9 Å². The van der Waals surface area contributed by atoms with Crippen molar-refractivity contribution in [2.45, 2.75) is 70.7 Å². The van der Waals surface area contributed by atoms with Crippen LogP contribution in [0.1, 0.15) is 63.7 Å². The summed E-state index contributed by atoms with van der Waals surface area (Å²) in [6.07, 6.45) is 4.33. The average Bonchev–Trinajstić information content (AvgIpc) is 2.73. The van der Waals surface area contributed by atoms with E-state index in [2.05, 4.69) is 42.3 Å². The molecule has 2 aliphatic heterocycles. The summed E-state index contributed by atoms with van der Waals surface area (Å²) < 4.78 is 17.9. The highest BCUT2D eigenvalue weighted by atomic mass is 16.5. The van der Waals surface area contributed by atoms with Crippen molar-refractivity contribution in [1.82, 2.24) is 10.2 Å². The minimum Gasteiger partial charge on any atom is -0.496 e. The summed E-state index contributed by atoms with van der Waals surface area (Å²) in [6, 6.07) is 6.45. The Morgan fingerprint density at radius 3 is 2.77 bits per heavy atom. The van der Waals surface area contributed by atoms with Crippen LogP contribution < -0.4 is 10.1 Å². The minimum atomic E-state index is -0.246. The van der Waals surface area contributed by atoms with E-state index < -0.39 is 0 Å². The third-order valence-electron chi connectivity index (χ3n) is 7.46. The van der Waals surface area contributed by atoms with Gasteiger partial charge in [0.2, 0.25) is 5.91 Å². The van der Waals surface area contributed by atoms with Crippen LogP contribution in [0.4, 0.5) is 0 Å². The van der Waals surface area contributed by atoms with E-state index in [4.69, 9.17) is 14.2 Å². The lowest BCUT2D eigenvalue weighted by Crippen LogP contribution is -2.60. The number of carbonyl (C=O) groups excluding carboxylic acids is 1. The lowest BCUT2D eigenvalue weighted by atomic mass is 9.66. The van der Waals surface area contributed by atoms with Gasteiger partial charge in [-0.2, -0.15) is 0 Å². The molecular formula is C25H38N2O4. The van der Waals surface area contributed by atoms with Gasteiger partial charge in [-0.3, -0.25) is 9.69 Å². The first-order valence-electron chi connectivity index (χ1n) is 11.8. The predicted octanol–water partition coefficient (Wildman–Crippen LogP) is 3.69. The van der Waals surface area contributed by atoms with Gasteiger partial charge >= 0.3 is 0 Å². The molecular weight excluding hydrogens is 392 g/mol. The molecule has 172 valence electrons. The Morgan fingerprint density at radius 1 is 1.29 bits per heavy atom. The molecule has 6 heteroatoms. The van der Waals surface area contributed by atoms with E-state index in [1.165, 1.54) is 17.5 Å². The van der Waals surface area contributed by atoms with E-state index >= 15 is 0 Å². The number of ether oxygens (including phenoxy) is 3. The number of fused-ring (bicyclic) bond motifs is 1. The number of hydrogen-bond acceptors (Lipinski definition) is 5. The summed E-state index contributed by atoms with van der Waals surface area (Å²) in [5.41, 5.74) is 2.12. The van der Waals surface area contributed by atoms with Gasteiger partial charge in [0.1, 0.15) is 5.75 Å². The smallest absolute Gasteiger partial charge is 0.217 e. The zero-order valence-electron chi connectivity index (χ0n) is 19.5. The average molecular weight is 431 g/mol. The lowest BCUT2D eigenvalue weighted by Gasteiger charge is -2.52. The normalized spacial score (nSPS) is 34.1. The highest BCUT2D eigenvalue weighted by Crippen LogP contribution is 2.48. The Morgan fingerprint density at radius 2 is 2.06 bits per heavy atom. The number of nitrogens with zero attached hydrogens (tertiary/aromatic N) is 1. The SMILES string of the molecule is COc1ccc([C@H]2C[C@@](C)(NC(C)=O)[C@@H]3CC[C@@H](C)C[C@H]3O2)cc1CN1CCOCC1. The first-order chi connectivity index (χ1) is 14.9. The topological polar surface area (TPSA) is 60.0 Å². The molecule has 1 amide bonds. The van der Waals surface area contributed by atoms with E-state index in [-0.39, 0.29) is 23.7 Å². The van der Waals surface area contributed by atoms with Crippen molar-refractivity contribution in [2.75, 3.05) is 33.4 Å². The van der Waals surface area contributed by atoms with E-state index in [1.807, 2.05) is 0 Å². The van der Waals surface area contributed by atoms with E-state index in [9.17, 15) is 4.79 Å². The van der Waals surface area contributed by atoms with Crippen molar-refractivity contribution in [2.24, 2.45) is 11.8 Å². The number of morpholine rings is 1. The Kier molecular flexibility index (Phi) is 6.89. The molecule has 2 heterocycles. The van der Waals surface area contributed by atoms with E-state index in [0.29, 0.717) is 11.8 Å². The highest BCUT2D eigenvalue weighted by molar-refractivity contribution is 5.73. The Labute approximate surface area is 186 Å². The Balaban J connectivity index is 1.59. The molecule has 0 spiro atoms. The molecule has 0 radical (unpaired) electrons. The number of methoxy groups -OCH3 is 1. The molecule has 4 rings (SSSR count). The summed E-state index contributed by atoms with van der Waals surface area (Å²) in [4.78, 5) is 14.5. The summed E-state index contributed by atoms with van der Waals surface area (Å²) in [7, 11) is 1.73. The van der Waals surface area contributed by atoms with Crippen LogP contribution in [-0.2, 0) is 20.8 Å². The van der Waals surface area contributed by atoms with Crippen LogP contribution in [0.15, 0.2) is 18.2 Å². The van der Waals surface area contributed by atoms with Gasteiger partial charge in [0.15, 0.2) is 0 Å². The maximum atomic E-state index is 12.1. The van der Waals surface area contributed by atoms with Crippen LogP contribution in [0.25, 0.3) is 0 Å². The molecule has 1 aromatic rings. The quantitative estimate of drug-likeness (QED) is 0.772. The van der Waals surface area contributed by atoms with Crippen molar-refractivity contribution < 1.29 is 19.0 Å². The Bertz CT molecular complexity index is 779. The van der Waals surface area contributed by atoms with E-state index in [0.717, 1.165) is 57.9 Å². The van der Waals surface area contributed by atoms with Gasteiger partial charge in [-0.15, -0.1) is 0 Å². The van der Waals surface area contributed by atoms with Gasteiger partial charge in [0.25, 0.3) is 0 Å². The van der Waals surface area contributed by atoms with Gasteiger partial charge in [0.05, 0.1) is 32.5 Å². The zero-order valence-corrected chi connectivity index (χ0v) is 19.5. The van der Waals surface area contributed by atoms with Crippen molar-refractivity contribution >= 4 is 5.91 Å². The first-order valence-corrected chi connectivity index (χ1v) is 11.8. The summed E-state index contributed by atoms with van der Waals surface area (Å²) in [6.45, 7) is 10.4. The number of hydrogen-bond donors (Lipinski definition) is 1. The van der Waals surface area contributed by atoms with Crippen molar-refractivity contribution in [3.05, 3.63) is 29.3 Å². The fourth-order valence-electron chi connectivity index (χ4n) is 5.87. The van der Waals surface area contributed by atoms with Crippen LogP contribution >= 0.6 is 0 Å². The molecule has 0 aromatic heterocycles. The molecule has 2 saturated heterocycles. The molecule has 3 aliphatic rings. The minimum absolute atomic E-state index is 0.0299. The summed E-state index contributed by atoms with van der Waals surface area (Å²) in [5.74, 6) is 1.99. The molecule has 31 heavy (non-hydrogen) atoms. The Hall–Kier alpha value is -1.63. The maximum Gasteiger partial charge on any atom is 0.217 e. The van der Waals surface area contributed by atoms with Gasteiger partial charge in [0, 0.05) is 50.0 Å². The first kappa shape index (κ1) is 22.6. The number of rotatable bonds is 5. The second kappa shape index (κ2) is 9.47. The predicted molar refractivity (Wildman–Crippen MR) is 120 cm³/mol. The molecule has 3 fully saturated rings. The van der Waals surface area contributed by atoms with Crippen LogP contribution in [0.2, 0.25) is 0 Å². The van der Waals surface area contributed by atoms with Crippen LogP contribution in [0.5, 0.6) is 5.75 Å². The molecule has 6 nitrogen and oxygen atoms in total.